The molecule has 5 nitrogen and oxygen atoms in total. The molecule has 1 aromatic rings. The molecular weight excluding hydrogens is 240 g/mol. The highest BCUT2D eigenvalue weighted by atomic mass is 32.1. The maximum absolute atomic E-state index is 11.5. The molecule has 0 unspecified atom stereocenters. The van der Waals surface area contributed by atoms with Crippen LogP contribution in [0.3, 0.4) is 0 Å². The normalized spacial score (nSPS) is 12.8. The highest BCUT2D eigenvalue weighted by Gasteiger charge is 2.22. The average Bonchev–Trinajstić information content (AvgIpc) is 2.71. The van der Waals surface area contributed by atoms with Gasteiger partial charge in [-0.1, -0.05) is 13.8 Å². The summed E-state index contributed by atoms with van der Waals surface area (Å²) in [5.74, 6) is -0.183. The Bertz CT molecular complexity index is 390. The molecular formula is C11H18N2O3S. The van der Waals surface area contributed by atoms with Gasteiger partial charge in [0.25, 0.3) is 0 Å². The first kappa shape index (κ1) is 14.1. The largest absolute Gasteiger partial charge is 0.464 e. The second-order valence-electron chi connectivity index (χ2n) is 4.02. The summed E-state index contributed by atoms with van der Waals surface area (Å²) in [5.41, 5.74) is 6.32. The first-order valence-corrected chi connectivity index (χ1v) is 6.15. The summed E-state index contributed by atoms with van der Waals surface area (Å²) in [7, 11) is 2.91. The number of hydrogen-bond donors (Lipinski definition) is 1. The molecule has 0 bridgehead atoms. The van der Waals surface area contributed by atoms with Gasteiger partial charge in [-0.25, -0.2) is 9.78 Å². The van der Waals surface area contributed by atoms with Crippen LogP contribution in [0.2, 0.25) is 0 Å². The van der Waals surface area contributed by atoms with E-state index in [-0.39, 0.29) is 12.0 Å². The van der Waals surface area contributed by atoms with Crippen LogP contribution in [0.25, 0.3) is 0 Å². The molecule has 0 radical (unpaired) electrons. The molecule has 0 aromatic carbocycles. The van der Waals surface area contributed by atoms with Crippen LogP contribution in [0.5, 0.6) is 0 Å². The van der Waals surface area contributed by atoms with E-state index in [0.29, 0.717) is 12.3 Å². The maximum Gasteiger partial charge on any atom is 0.357 e. The van der Waals surface area contributed by atoms with Crippen molar-refractivity contribution < 1.29 is 14.3 Å². The molecule has 1 rings (SSSR count). The van der Waals surface area contributed by atoms with Crippen molar-refractivity contribution >= 4 is 17.3 Å². The van der Waals surface area contributed by atoms with Gasteiger partial charge in [-0.3, -0.25) is 0 Å². The summed E-state index contributed by atoms with van der Waals surface area (Å²) in [4.78, 5) is 16.6. The standard InChI is InChI=1S/C11H18N2O3S/c1-6(2)8(12)10-13-9(11(14)16-4)7(17-10)5-15-3/h6,8H,5,12H2,1-4H3/t8-/m0/s1. The maximum atomic E-state index is 11.5. The van der Waals surface area contributed by atoms with E-state index in [1.807, 2.05) is 13.8 Å². The first-order valence-electron chi connectivity index (χ1n) is 5.33. The summed E-state index contributed by atoms with van der Waals surface area (Å²) >= 11 is 1.40. The Morgan fingerprint density at radius 1 is 1.47 bits per heavy atom. The highest BCUT2D eigenvalue weighted by Crippen LogP contribution is 2.27. The Labute approximate surface area is 105 Å². The molecule has 0 aliphatic rings. The van der Waals surface area contributed by atoms with Gasteiger partial charge in [0.15, 0.2) is 5.69 Å². The van der Waals surface area contributed by atoms with Crippen LogP contribution in [0.1, 0.15) is 40.3 Å². The Morgan fingerprint density at radius 3 is 2.59 bits per heavy atom. The van der Waals surface area contributed by atoms with Crippen molar-refractivity contribution in [3.63, 3.8) is 0 Å². The minimum Gasteiger partial charge on any atom is -0.464 e. The van der Waals surface area contributed by atoms with Crippen LogP contribution in [-0.4, -0.2) is 25.2 Å². The third-order valence-electron chi connectivity index (χ3n) is 2.37. The number of ether oxygens (including phenoxy) is 2. The van der Waals surface area contributed by atoms with Crippen LogP contribution in [-0.2, 0) is 16.1 Å². The zero-order chi connectivity index (χ0) is 13.0. The third-order valence-corrected chi connectivity index (χ3v) is 3.50. The second-order valence-corrected chi connectivity index (χ2v) is 5.13. The van der Waals surface area contributed by atoms with Gasteiger partial charge in [0.1, 0.15) is 5.01 Å². The molecule has 0 saturated heterocycles. The Hall–Kier alpha value is -0.980. The van der Waals surface area contributed by atoms with Gasteiger partial charge in [0.05, 0.1) is 24.6 Å². The summed E-state index contributed by atoms with van der Waals surface area (Å²) < 4.78 is 9.72. The van der Waals surface area contributed by atoms with Crippen molar-refractivity contribution in [3.8, 4) is 0 Å². The molecule has 1 aromatic heterocycles. The Balaban J connectivity index is 3.07. The molecule has 1 heterocycles. The predicted octanol–water partition coefficient (Wildman–Crippen LogP) is 1.73. The smallest absolute Gasteiger partial charge is 0.357 e. The minimum atomic E-state index is -0.449. The number of nitrogens with two attached hydrogens (primary N) is 1. The number of carbonyl (C=O) groups excluding carboxylic acids is 1. The van der Waals surface area contributed by atoms with Crippen LogP contribution in [0.15, 0.2) is 0 Å². The number of methoxy groups -OCH3 is 2. The number of aromatic nitrogens is 1. The molecule has 1 atom stereocenters. The van der Waals surface area contributed by atoms with E-state index in [1.54, 1.807) is 7.11 Å². The van der Waals surface area contributed by atoms with Gasteiger partial charge in [-0.2, -0.15) is 0 Å². The fourth-order valence-electron chi connectivity index (χ4n) is 1.28. The fraction of sp³-hybridized carbons (Fsp3) is 0.636. The second kappa shape index (κ2) is 6.09. The van der Waals surface area contributed by atoms with Crippen molar-refractivity contribution in [1.82, 2.24) is 4.98 Å². The minimum absolute atomic E-state index is 0.172. The summed E-state index contributed by atoms with van der Waals surface area (Å²) in [6, 6.07) is -0.172. The first-order chi connectivity index (χ1) is 8.01. The lowest BCUT2D eigenvalue weighted by atomic mass is 10.1. The van der Waals surface area contributed by atoms with Crippen molar-refractivity contribution in [1.29, 1.82) is 0 Å². The number of esters is 1. The van der Waals surface area contributed by atoms with Gasteiger partial charge >= 0.3 is 5.97 Å². The molecule has 0 amide bonds. The fourth-order valence-corrected chi connectivity index (χ4v) is 2.48. The van der Waals surface area contributed by atoms with Gasteiger partial charge in [0.2, 0.25) is 0 Å². The van der Waals surface area contributed by atoms with Crippen molar-refractivity contribution in [3.05, 3.63) is 15.6 Å². The van der Waals surface area contributed by atoms with E-state index in [2.05, 4.69) is 9.72 Å². The van der Waals surface area contributed by atoms with E-state index in [4.69, 9.17) is 10.5 Å². The number of rotatable bonds is 5. The van der Waals surface area contributed by atoms with Crippen molar-refractivity contribution in [2.24, 2.45) is 11.7 Å². The molecule has 0 aliphatic carbocycles. The lowest BCUT2D eigenvalue weighted by Crippen LogP contribution is -2.16. The van der Waals surface area contributed by atoms with E-state index in [0.717, 1.165) is 9.88 Å². The quantitative estimate of drug-likeness (QED) is 0.814. The monoisotopic (exact) mass is 258 g/mol. The van der Waals surface area contributed by atoms with Crippen LogP contribution >= 0.6 is 11.3 Å². The zero-order valence-corrected chi connectivity index (χ0v) is 11.3. The Kier molecular flexibility index (Phi) is 5.04. The van der Waals surface area contributed by atoms with Gasteiger partial charge < -0.3 is 15.2 Å². The predicted molar refractivity (Wildman–Crippen MR) is 65.9 cm³/mol. The lowest BCUT2D eigenvalue weighted by molar-refractivity contribution is 0.0590. The summed E-state index contributed by atoms with van der Waals surface area (Å²) in [6.45, 7) is 4.37. The van der Waals surface area contributed by atoms with E-state index in [1.165, 1.54) is 18.4 Å². The summed E-state index contributed by atoms with van der Waals surface area (Å²) in [6.07, 6.45) is 0. The van der Waals surface area contributed by atoms with Gasteiger partial charge in [0, 0.05) is 7.11 Å². The van der Waals surface area contributed by atoms with Crippen molar-refractivity contribution in [2.75, 3.05) is 14.2 Å². The number of thiazole rings is 1. The van der Waals surface area contributed by atoms with Gasteiger partial charge in [-0.05, 0) is 5.92 Å². The van der Waals surface area contributed by atoms with E-state index >= 15 is 0 Å². The summed E-state index contributed by atoms with van der Waals surface area (Å²) in [5, 5.41) is 0.743. The number of hydrogen-bond acceptors (Lipinski definition) is 6. The van der Waals surface area contributed by atoms with Gasteiger partial charge in [-0.15, -0.1) is 11.3 Å². The molecule has 0 aliphatic heterocycles. The van der Waals surface area contributed by atoms with Crippen molar-refractivity contribution in [2.45, 2.75) is 26.5 Å². The SMILES string of the molecule is COCc1sc([C@@H](N)C(C)C)nc1C(=O)OC. The van der Waals surface area contributed by atoms with Crippen LogP contribution < -0.4 is 5.73 Å². The number of carbonyl (C=O) groups is 1. The highest BCUT2D eigenvalue weighted by molar-refractivity contribution is 7.12. The Morgan fingerprint density at radius 2 is 2.12 bits per heavy atom. The molecule has 0 spiro atoms. The third kappa shape index (κ3) is 3.24. The average molecular weight is 258 g/mol. The van der Waals surface area contributed by atoms with Crippen LogP contribution in [0, 0.1) is 5.92 Å². The molecule has 0 saturated carbocycles. The molecule has 2 N–H and O–H groups in total. The lowest BCUT2D eigenvalue weighted by Gasteiger charge is -2.11. The van der Waals surface area contributed by atoms with Crippen LogP contribution in [0.4, 0.5) is 0 Å². The molecule has 0 fully saturated rings. The zero-order valence-electron chi connectivity index (χ0n) is 10.5. The van der Waals surface area contributed by atoms with E-state index in [9.17, 15) is 4.79 Å². The molecule has 17 heavy (non-hydrogen) atoms. The number of nitrogens with zero attached hydrogens (tertiary/aromatic N) is 1. The van der Waals surface area contributed by atoms with E-state index < -0.39 is 5.97 Å². The molecule has 96 valence electrons. The molecule has 6 heteroatoms. The topological polar surface area (TPSA) is 74.4 Å².